The zero-order chi connectivity index (χ0) is 9.90. The standard InChI is InChI=1S/C10H15FSSi/c1-13(2,3)10(11)12-9-7-5-4-6-8-9/h4-8,10H,1-3H3. The Kier molecular flexibility index (Phi) is 3.56. The second-order valence-electron chi connectivity index (χ2n) is 4.11. The van der Waals surface area contributed by atoms with Gasteiger partial charge >= 0.3 is 0 Å². The minimum Gasteiger partial charge on any atom is -0.240 e. The van der Waals surface area contributed by atoms with Gasteiger partial charge in [-0.2, -0.15) is 0 Å². The van der Waals surface area contributed by atoms with Gasteiger partial charge < -0.3 is 0 Å². The Bertz CT molecular complexity index is 255. The van der Waals surface area contributed by atoms with E-state index in [2.05, 4.69) is 0 Å². The number of benzene rings is 1. The molecule has 0 heterocycles. The first-order valence-corrected chi connectivity index (χ1v) is 8.81. The molecule has 0 aliphatic carbocycles. The van der Waals surface area contributed by atoms with Crippen molar-refractivity contribution in [2.24, 2.45) is 0 Å². The number of hydrogen-bond acceptors (Lipinski definition) is 1. The maximum atomic E-state index is 13.6. The molecule has 3 heteroatoms. The summed E-state index contributed by atoms with van der Waals surface area (Å²) in [6.45, 7) is 6.15. The molecular weight excluding hydrogens is 199 g/mol. The summed E-state index contributed by atoms with van der Waals surface area (Å²) >= 11 is 1.35. The summed E-state index contributed by atoms with van der Waals surface area (Å²) in [7, 11) is -1.65. The molecule has 13 heavy (non-hydrogen) atoms. The molecule has 72 valence electrons. The summed E-state index contributed by atoms with van der Waals surface area (Å²) in [5.74, 6) is 0. The number of halogens is 1. The van der Waals surface area contributed by atoms with Crippen molar-refractivity contribution in [2.45, 2.75) is 29.7 Å². The van der Waals surface area contributed by atoms with Gasteiger partial charge in [0.1, 0.15) is 5.13 Å². The summed E-state index contributed by atoms with van der Waals surface area (Å²) in [6.07, 6.45) is 0. The maximum absolute atomic E-state index is 13.6. The Morgan fingerprint density at radius 1 is 1.15 bits per heavy atom. The molecule has 1 unspecified atom stereocenters. The molecule has 0 radical (unpaired) electrons. The molecule has 0 aliphatic heterocycles. The lowest BCUT2D eigenvalue weighted by molar-refractivity contribution is 0.543. The zero-order valence-corrected chi connectivity index (χ0v) is 10.1. The summed E-state index contributed by atoms with van der Waals surface area (Å²) in [4.78, 5) is 1.03. The van der Waals surface area contributed by atoms with Crippen LogP contribution in [0.3, 0.4) is 0 Å². The third-order valence-corrected chi connectivity index (χ3v) is 6.25. The fourth-order valence-electron chi connectivity index (χ4n) is 0.795. The fourth-order valence-corrected chi connectivity index (χ4v) is 3.17. The van der Waals surface area contributed by atoms with Crippen LogP contribution in [0.4, 0.5) is 4.39 Å². The highest BCUT2D eigenvalue weighted by Gasteiger charge is 2.27. The molecule has 1 aromatic rings. The Hall–Kier alpha value is -0.283. The van der Waals surface area contributed by atoms with E-state index in [4.69, 9.17) is 0 Å². The van der Waals surface area contributed by atoms with Crippen molar-refractivity contribution in [1.29, 1.82) is 0 Å². The molecule has 1 aromatic carbocycles. The lowest BCUT2D eigenvalue weighted by atomic mass is 10.4. The van der Waals surface area contributed by atoms with Gasteiger partial charge in [0.05, 0.1) is 8.07 Å². The molecule has 1 atom stereocenters. The van der Waals surface area contributed by atoms with Gasteiger partial charge in [0.25, 0.3) is 0 Å². The predicted molar refractivity (Wildman–Crippen MR) is 60.5 cm³/mol. The molecule has 0 amide bonds. The van der Waals surface area contributed by atoms with Crippen molar-refractivity contribution in [1.82, 2.24) is 0 Å². The van der Waals surface area contributed by atoms with E-state index in [-0.39, 0.29) is 0 Å². The molecular formula is C10H15FSSi. The minimum absolute atomic E-state index is 0.713. The number of rotatable bonds is 3. The van der Waals surface area contributed by atoms with Gasteiger partial charge in [-0.05, 0) is 12.1 Å². The number of thioether (sulfide) groups is 1. The maximum Gasteiger partial charge on any atom is 0.136 e. The van der Waals surface area contributed by atoms with E-state index < -0.39 is 13.2 Å². The van der Waals surface area contributed by atoms with Gasteiger partial charge in [0.2, 0.25) is 0 Å². The topological polar surface area (TPSA) is 0 Å². The molecule has 0 aliphatic rings. The van der Waals surface area contributed by atoms with E-state index in [9.17, 15) is 4.39 Å². The lowest BCUT2D eigenvalue weighted by Gasteiger charge is -2.20. The Labute approximate surface area is 84.6 Å². The van der Waals surface area contributed by atoms with Crippen molar-refractivity contribution < 1.29 is 4.39 Å². The highest BCUT2D eigenvalue weighted by molar-refractivity contribution is 8.01. The third kappa shape index (κ3) is 3.52. The first-order valence-electron chi connectivity index (χ1n) is 4.36. The number of hydrogen-bond donors (Lipinski definition) is 0. The van der Waals surface area contributed by atoms with E-state index in [0.717, 1.165) is 4.90 Å². The summed E-state index contributed by atoms with van der Waals surface area (Å²) in [5, 5.41) is -0.713. The Morgan fingerprint density at radius 2 is 1.69 bits per heavy atom. The average Bonchev–Trinajstić information content (AvgIpc) is 2.04. The van der Waals surface area contributed by atoms with Crippen LogP contribution in [0.25, 0.3) is 0 Å². The first-order chi connectivity index (χ1) is 6.00. The van der Waals surface area contributed by atoms with E-state index in [1.807, 2.05) is 50.0 Å². The molecule has 0 saturated heterocycles. The van der Waals surface area contributed by atoms with Gasteiger partial charge in [-0.1, -0.05) is 49.6 Å². The molecule has 1 rings (SSSR count). The van der Waals surface area contributed by atoms with Crippen molar-refractivity contribution in [3.8, 4) is 0 Å². The van der Waals surface area contributed by atoms with Crippen molar-refractivity contribution in [3.05, 3.63) is 30.3 Å². The molecule has 0 nitrogen and oxygen atoms in total. The van der Waals surface area contributed by atoms with E-state index >= 15 is 0 Å². The normalized spacial score (nSPS) is 14.2. The van der Waals surface area contributed by atoms with Gasteiger partial charge in [0.15, 0.2) is 0 Å². The second kappa shape index (κ2) is 4.29. The van der Waals surface area contributed by atoms with Gasteiger partial charge in [-0.3, -0.25) is 0 Å². The molecule has 0 N–H and O–H groups in total. The first kappa shape index (κ1) is 10.8. The zero-order valence-electron chi connectivity index (χ0n) is 8.25. The van der Waals surface area contributed by atoms with Crippen molar-refractivity contribution >= 4 is 19.8 Å². The van der Waals surface area contributed by atoms with E-state index in [1.54, 1.807) is 0 Å². The van der Waals surface area contributed by atoms with Crippen LogP contribution in [0, 0.1) is 0 Å². The molecule has 0 spiro atoms. The summed E-state index contributed by atoms with van der Waals surface area (Å²) < 4.78 is 13.6. The van der Waals surface area contributed by atoms with E-state index in [1.165, 1.54) is 11.8 Å². The van der Waals surface area contributed by atoms with Crippen LogP contribution in [-0.2, 0) is 0 Å². The average molecular weight is 214 g/mol. The van der Waals surface area contributed by atoms with Gasteiger partial charge in [-0.25, -0.2) is 4.39 Å². The quantitative estimate of drug-likeness (QED) is 0.542. The van der Waals surface area contributed by atoms with Crippen molar-refractivity contribution in [2.75, 3.05) is 0 Å². The Morgan fingerprint density at radius 3 is 2.15 bits per heavy atom. The monoisotopic (exact) mass is 214 g/mol. The fraction of sp³-hybridized carbons (Fsp3) is 0.400. The van der Waals surface area contributed by atoms with Crippen LogP contribution >= 0.6 is 11.8 Å². The third-order valence-electron chi connectivity index (χ3n) is 1.66. The SMILES string of the molecule is C[Si](C)(C)C(F)Sc1ccccc1. The molecule has 0 aromatic heterocycles. The van der Waals surface area contributed by atoms with E-state index in [0.29, 0.717) is 0 Å². The predicted octanol–water partition coefficient (Wildman–Crippen LogP) is 3.95. The highest BCUT2D eigenvalue weighted by atomic mass is 32.2. The summed E-state index contributed by atoms with van der Waals surface area (Å²) in [5.41, 5.74) is 0. The van der Waals surface area contributed by atoms with Crippen LogP contribution in [0.1, 0.15) is 0 Å². The van der Waals surface area contributed by atoms with Gasteiger partial charge in [-0.15, -0.1) is 0 Å². The second-order valence-corrected chi connectivity index (χ2v) is 10.9. The largest absolute Gasteiger partial charge is 0.240 e. The summed E-state index contributed by atoms with van der Waals surface area (Å²) in [6, 6.07) is 9.75. The molecule has 0 bridgehead atoms. The van der Waals surface area contributed by atoms with Crippen LogP contribution in [0.2, 0.25) is 19.6 Å². The smallest absolute Gasteiger partial charge is 0.136 e. The van der Waals surface area contributed by atoms with Crippen LogP contribution in [0.5, 0.6) is 0 Å². The highest BCUT2D eigenvalue weighted by Crippen LogP contribution is 2.30. The van der Waals surface area contributed by atoms with Crippen LogP contribution in [-0.4, -0.2) is 13.2 Å². The van der Waals surface area contributed by atoms with Crippen LogP contribution < -0.4 is 0 Å². The van der Waals surface area contributed by atoms with Crippen molar-refractivity contribution in [3.63, 3.8) is 0 Å². The number of alkyl halides is 1. The Balaban J connectivity index is 2.61. The van der Waals surface area contributed by atoms with Gasteiger partial charge in [0, 0.05) is 4.90 Å². The minimum atomic E-state index is -1.65. The molecule has 0 saturated carbocycles. The lowest BCUT2D eigenvalue weighted by Crippen LogP contribution is -2.31. The molecule has 0 fully saturated rings. The van der Waals surface area contributed by atoms with Crippen LogP contribution in [0.15, 0.2) is 35.2 Å².